The van der Waals surface area contributed by atoms with Crippen LogP contribution in [0.5, 0.6) is 0 Å². The first-order valence-electron chi connectivity index (χ1n) is 11.4. The molecule has 0 aromatic rings. The summed E-state index contributed by atoms with van der Waals surface area (Å²) in [4.78, 5) is 13.2. The number of unbranched alkanes of at least 4 members (excludes halogenated alkanes) is 12. The third-order valence-electron chi connectivity index (χ3n) is 5.02. The van der Waals surface area contributed by atoms with Crippen molar-refractivity contribution in [1.29, 1.82) is 0 Å². The molecule has 0 saturated carbocycles. The molecule has 0 heterocycles. The molecule has 0 aromatic heterocycles. The lowest BCUT2D eigenvalue weighted by Gasteiger charge is -2.20. The van der Waals surface area contributed by atoms with Crippen LogP contribution >= 0.6 is 0 Å². The minimum absolute atomic E-state index is 0.201. The summed E-state index contributed by atoms with van der Waals surface area (Å²) in [5.41, 5.74) is 0. The quantitative estimate of drug-likeness (QED) is 0.183. The van der Waals surface area contributed by atoms with Crippen molar-refractivity contribution in [2.45, 2.75) is 104 Å². The first-order chi connectivity index (χ1) is 13.2. The molecular weight excluding hydrogens is 334 g/mol. The summed E-state index contributed by atoms with van der Waals surface area (Å²) < 4.78 is 0. The van der Waals surface area contributed by atoms with E-state index in [1.54, 1.807) is 0 Å². The normalized spacial score (nSPS) is 12.0. The van der Waals surface area contributed by atoms with Crippen molar-refractivity contribution in [1.82, 2.24) is 4.90 Å². The fraction of sp³-hybridized carbons (Fsp3) is 0.792. The summed E-state index contributed by atoms with van der Waals surface area (Å²) >= 11 is 0. The molecule has 0 amide bonds. The summed E-state index contributed by atoms with van der Waals surface area (Å²) in [7, 11) is 0. The predicted molar refractivity (Wildman–Crippen MR) is 118 cm³/mol. The molecular formula is C24H45NO2. The maximum absolute atomic E-state index is 11.1. The molecule has 0 unspecified atom stereocenters. The maximum Gasteiger partial charge on any atom is 0.317 e. The Morgan fingerprint density at radius 3 is 1.41 bits per heavy atom. The number of nitrogens with zero attached hydrogens (tertiary/aromatic N) is 1. The fourth-order valence-corrected chi connectivity index (χ4v) is 3.40. The van der Waals surface area contributed by atoms with E-state index in [2.05, 4.69) is 43.1 Å². The Balaban J connectivity index is 3.63. The van der Waals surface area contributed by atoms with Crippen LogP contribution in [0.4, 0.5) is 0 Å². The van der Waals surface area contributed by atoms with Gasteiger partial charge in [-0.3, -0.25) is 9.69 Å². The van der Waals surface area contributed by atoms with Crippen LogP contribution in [-0.2, 0) is 4.79 Å². The standard InChI is InChI=1S/C24H45NO2/c1-3-5-7-9-11-13-15-17-19-21-25(23-24(26)27)22-20-18-16-14-12-10-8-6-4-2/h3-6H,7-23H2,1-2H3,(H,26,27)/b5-3+,6-4+. The summed E-state index contributed by atoms with van der Waals surface area (Å²) in [5, 5.41) is 9.12. The minimum Gasteiger partial charge on any atom is -0.480 e. The van der Waals surface area contributed by atoms with Gasteiger partial charge in [-0.25, -0.2) is 0 Å². The van der Waals surface area contributed by atoms with Crippen LogP contribution in [0.2, 0.25) is 0 Å². The molecule has 0 aliphatic rings. The molecule has 27 heavy (non-hydrogen) atoms. The van der Waals surface area contributed by atoms with Crippen molar-refractivity contribution >= 4 is 5.97 Å². The third-order valence-corrected chi connectivity index (χ3v) is 5.02. The zero-order valence-corrected chi connectivity index (χ0v) is 18.1. The Hall–Kier alpha value is -1.09. The molecule has 0 aliphatic carbocycles. The average Bonchev–Trinajstić information content (AvgIpc) is 2.64. The molecule has 3 nitrogen and oxygen atoms in total. The Kier molecular flexibility index (Phi) is 20.4. The summed E-state index contributed by atoms with van der Waals surface area (Å²) in [6, 6.07) is 0. The van der Waals surface area contributed by atoms with Crippen LogP contribution in [0.25, 0.3) is 0 Å². The maximum atomic E-state index is 11.1. The van der Waals surface area contributed by atoms with E-state index in [-0.39, 0.29) is 6.54 Å². The largest absolute Gasteiger partial charge is 0.480 e. The fourth-order valence-electron chi connectivity index (χ4n) is 3.40. The number of carboxylic acid groups (broad SMARTS) is 1. The summed E-state index contributed by atoms with van der Waals surface area (Å²) in [6.45, 7) is 6.24. The zero-order valence-electron chi connectivity index (χ0n) is 18.1. The van der Waals surface area contributed by atoms with Crippen molar-refractivity contribution in [3.8, 4) is 0 Å². The van der Waals surface area contributed by atoms with E-state index < -0.39 is 5.97 Å². The average molecular weight is 380 g/mol. The number of allylic oxidation sites excluding steroid dienone is 4. The van der Waals surface area contributed by atoms with Crippen molar-refractivity contribution in [3.63, 3.8) is 0 Å². The van der Waals surface area contributed by atoms with Crippen molar-refractivity contribution in [2.24, 2.45) is 0 Å². The predicted octanol–water partition coefficient (Wildman–Crippen LogP) is 6.99. The van der Waals surface area contributed by atoms with E-state index in [4.69, 9.17) is 5.11 Å². The van der Waals surface area contributed by atoms with E-state index in [0.29, 0.717) is 0 Å². The van der Waals surface area contributed by atoms with E-state index in [9.17, 15) is 4.79 Å². The number of rotatable bonds is 20. The minimum atomic E-state index is -0.692. The van der Waals surface area contributed by atoms with Gasteiger partial charge < -0.3 is 5.11 Å². The van der Waals surface area contributed by atoms with Crippen molar-refractivity contribution < 1.29 is 9.90 Å². The van der Waals surface area contributed by atoms with E-state index in [1.807, 2.05) is 0 Å². The molecule has 0 spiro atoms. The smallest absolute Gasteiger partial charge is 0.317 e. The van der Waals surface area contributed by atoms with Gasteiger partial charge in [-0.1, -0.05) is 75.7 Å². The van der Waals surface area contributed by atoms with Gasteiger partial charge in [0.2, 0.25) is 0 Å². The van der Waals surface area contributed by atoms with E-state index >= 15 is 0 Å². The Morgan fingerprint density at radius 1 is 0.667 bits per heavy atom. The molecule has 0 aromatic carbocycles. The second-order valence-electron chi connectivity index (χ2n) is 7.63. The Morgan fingerprint density at radius 2 is 1.04 bits per heavy atom. The van der Waals surface area contributed by atoms with Gasteiger partial charge in [-0.05, 0) is 65.5 Å². The number of hydrogen-bond acceptors (Lipinski definition) is 2. The SMILES string of the molecule is C/C=C/CCCCCCCCN(CCCCCCCC/C=C/C)CC(=O)O. The number of carboxylic acids is 1. The molecule has 0 fully saturated rings. The Labute approximate surface area is 168 Å². The molecule has 1 N–H and O–H groups in total. The van der Waals surface area contributed by atoms with Crippen LogP contribution in [-0.4, -0.2) is 35.6 Å². The second-order valence-corrected chi connectivity index (χ2v) is 7.63. The molecule has 0 bridgehead atoms. The molecule has 0 atom stereocenters. The molecule has 0 rings (SSSR count). The van der Waals surface area contributed by atoms with Crippen LogP contribution in [0.1, 0.15) is 104 Å². The highest BCUT2D eigenvalue weighted by atomic mass is 16.4. The van der Waals surface area contributed by atoms with E-state index in [1.165, 1.54) is 77.0 Å². The molecule has 0 aliphatic heterocycles. The van der Waals surface area contributed by atoms with Gasteiger partial charge >= 0.3 is 5.97 Å². The van der Waals surface area contributed by atoms with Crippen LogP contribution in [0.3, 0.4) is 0 Å². The highest BCUT2D eigenvalue weighted by Gasteiger charge is 2.08. The summed E-state index contributed by atoms with van der Waals surface area (Å²) in [5.74, 6) is -0.692. The lowest BCUT2D eigenvalue weighted by atomic mass is 10.1. The third kappa shape index (κ3) is 21.1. The van der Waals surface area contributed by atoms with E-state index in [0.717, 1.165) is 25.9 Å². The van der Waals surface area contributed by atoms with Gasteiger partial charge in [-0.15, -0.1) is 0 Å². The first kappa shape index (κ1) is 25.9. The topological polar surface area (TPSA) is 40.5 Å². The molecule has 158 valence electrons. The number of hydrogen-bond donors (Lipinski definition) is 1. The van der Waals surface area contributed by atoms with Gasteiger partial charge in [0, 0.05) is 0 Å². The lowest BCUT2D eigenvalue weighted by Crippen LogP contribution is -2.31. The van der Waals surface area contributed by atoms with Crippen molar-refractivity contribution in [3.05, 3.63) is 24.3 Å². The van der Waals surface area contributed by atoms with Gasteiger partial charge in [0.05, 0.1) is 6.54 Å². The summed E-state index contributed by atoms with van der Waals surface area (Å²) in [6.07, 6.45) is 26.3. The van der Waals surface area contributed by atoms with Crippen molar-refractivity contribution in [2.75, 3.05) is 19.6 Å². The van der Waals surface area contributed by atoms with Crippen LogP contribution < -0.4 is 0 Å². The van der Waals surface area contributed by atoms with Crippen LogP contribution in [0.15, 0.2) is 24.3 Å². The lowest BCUT2D eigenvalue weighted by molar-refractivity contribution is -0.138. The number of aliphatic carboxylic acids is 1. The van der Waals surface area contributed by atoms with Gasteiger partial charge in [0.1, 0.15) is 0 Å². The number of carbonyl (C=O) groups is 1. The zero-order chi connectivity index (χ0) is 20.0. The molecule has 0 saturated heterocycles. The Bertz CT molecular complexity index is 349. The molecule has 0 radical (unpaired) electrons. The highest BCUT2D eigenvalue weighted by Crippen LogP contribution is 2.10. The van der Waals surface area contributed by atoms with Gasteiger partial charge in [-0.2, -0.15) is 0 Å². The van der Waals surface area contributed by atoms with Crippen LogP contribution in [0, 0.1) is 0 Å². The second kappa shape index (κ2) is 21.2. The first-order valence-corrected chi connectivity index (χ1v) is 11.4. The van der Waals surface area contributed by atoms with Gasteiger partial charge in [0.25, 0.3) is 0 Å². The van der Waals surface area contributed by atoms with Gasteiger partial charge in [0.15, 0.2) is 0 Å². The highest BCUT2D eigenvalue weighted by molar-refractivity contribution is 5.69. The monoisotopic (exact) mass is 379 g/mol. The molecule has 3 heteroatoms.